The number of hydrogen-bond donors (Lipinski definition) is 0. The Hall–Kier alpha value is -1.85. The second-order valence-electron chi connectivity index (χ2n) is 11.0. The SMILES string of the molecule is CCCCO[C@@H](CO[Si](C)(C)C(C)(C)C)CSC(c1ccccc1)(c1ccccc1)c1ccccc1. The molecule has 0 aliphatic rings. The summed E-state index contributed by atoms with van der Waals surface area (Å²) < 4.78 is 12.8. The predicted molar refractivity (Wildman–Crippen MR) is 159 cm³/mol. The lowest BCUT2D eigenvalue weighted by molar-refractivity contribution is 0.0300. The first-order valence-corrected chi connectivity index (χ1v) is 17.2. The summed E-state index contributed by atoms with van der Waals surface area (Å²) in [6, 6.07) is 32.7. The molecule has 3 rings (SSSR count). The van der Waals surface area contributed by atoms with Crippen LogP contribution >= 0.6 is 11.8 Å². The van der Waals surface area contributed by atoms with Gasteiger partial charge in [0.05, 0.1) is 17.5 Å². The van der Waals surface area contributed by atoms with Gasteiger partial charge in [0.2, 0.25) is 0 Å². The normalized spacial score (nSPS) is 13.5. The highest BCUT2D eigenvalue weighted by molar-refractivity contribution is 8.00. The minimum absolute atomic E-state index is 0.0335. The zero-order valence-corrected chi connectivity index (χ0v) is 24.8. The fraction of sp³-hybridized carbons (Fsp3) is 0.438. The largest absolute Gasteiger partial charge is 0.414 e. The van der Waals surface area contributed by atoms with Gasteiger partial charge in [0, 0.05) is 12.4 Å². The monoisotopic (exact) mass is 520 g/mol. The zero-order valence-electron chi connectivity index (χ0n) is 23.0. The van der Waals surface area contributed by atoms with E-state index in [4.69, 9.17) is 9.16 Å². The Morgan fingerprint density at radius 1 is 0.750 bits per heavy atom. The summed E-state index contributed by atoms with van der Waals surface area (Å²) in [6.07, 6.45) is 2.24. The van der Waals surface area contributed by atoms with Crippen molar-refractivity contribution in [3.05, 3.63) is 108 Å². The average Bonchev–Trinajstić information content (AvgIpc) is 2.88. The van der Waals surface area contributed by atoms with Crippen LogP contribution in [0.25, 0.3) is 0 Å². The summed E-state index contributed by atoms with van der Waals surface area (Å²) >= 11 is 1.96. The predicted octanol–water partition coefficient (Wildman–Crippen LogP) is 8.92. The lowest BCUT2D eigenvalue weighted by Crippen LogP contribution is -2.43. The molecule has 0 amide bonds. The summed E-state index contributed by atoms with van der Waals surface area (Å²) in [5.74, 6) is 0.844. The zero-order chi connectivity index (χ0) is 26.1. The number of ether oxygens (including phenoxy) is 1. The van der Waals surface area contributed by atoms with Gasteiger partial charge in [-0.25, -0.2) is 0 Å². The number of rotatable bonds is 13. The highest BCUT2D eigenvalue weighted by atomic mass is 32.2. The van der Waals surface area contributed by atoms with E-state index in [9.17, 15) is 0 Å². The molecule has 0 bridgehead atoms. The van der Waals surface area contributed by atoms with Gasteiger partial charge in [-0.1, -0.05) is 125 Å². The van der Waals surface area contributed by atoms with Crippen LogP contribution < -0.4 is 0 Å². The first kappa shape index (κ1) is 28.7. The van der Waals surface area contributed by atoms with Crippen LogP contribution in [-0.4, -0.2) is 33.4 Å². The van der Waals surface area contributed by atoms with Crippen molar-refractivity contribution in [1.82, 2.24) is 0 Å². The molecule has 0 aromatic heterocycles. The highest BCUT2D eigenvalue weighted by Crippen LogP contribution is 2.49. The van der Waals surface area contributed by atoms with Crippen molar-refractivity contribution in [1.29, 1.82) is 0 Å². The fourth-order valence-corrected chi connectivity index (χ4v) is 6.62. The molecule has 0 fully saturated rings. The van der Waals surface area contributed by atoms with Crippen LogP contribution in [0.1, 0.15) is 57.2 Å². The number of unbranched alkanes of at least 4 members (excludes halogenated alkanes) is 1. The average molecular weight is 521 g/mol. The molecular weight excluding hydrogens is 477 g/mol. The topological polar surface area (TPSA) is 18.5 Å². The van der Waals surface area contributed by atoms with Gasteiger partial charge in [0.25, 0.3) is 0 Å². The second kappa shape index (κ2) is 13.1. The molecule has 0 aliphatic carbocycles. The second-order valence-corrected chi connectivity index (χ2v) is 17.1. The fourth-order valence-electron chi connectivity index (χ4n) is 4.04. The van der Waals surface area contributed by atoms with E-state index in [0.717, 1.165) is 25.2 Å². The molecule has 3 aromatic carbocycles. The van der Waals surface area contributed by atoms with Gasteiger partial charge in [0.15, 0.2) is 8.32 Å². The van der Waals surface area contributed by atoms with Crippen molar-refractivity contribution in [3.63, 3.8) is 0 Å². The molecule has 0 saturated carbocycles. The van der Waals surface area contributed by atoms with Gasteiger partial charge in [-0.05, 0) is 41.2 Å². The first-order valence-electron chi connectivity index (χ1n) is 13.3. The molecule has 0 N–H and O–H groups in total. The molecule has 3 aromatic rings. The third kappa shape index (κ3) is 7.13. The molecule has 1 atom stereocenters. The van der Waals surface area contributed by atoms with Crippen LogP contribution in [0.5, 0.6) is 0 Å². The van der Waals surface area contributed by atoms with Crippen molar-refractivity contribution in [3.8, 4) is 0 Å². The lowest BCUT2D eigenvalue weighted by Gasteiger charge is -2.39. The van der Waals surface area contributed by atoms with E-state index < -0.39 is 8.32 Å². The smallest absolute Gasteiger partial charge is 0.192 e. The minimum atomic E-state index is -1.87. The third-order valence-electron chi connectivity index (χ3n) is 7.31. The Morgan fingerprint density at radius 2 is 1.19 bits per heavy atom. The first-order chi connectivity index (χ1) is 17.2. The standard InChI is InChI=1S/C32H44O2SSi/c1-7-8-24-33-30(25-34-36(5,6)31(2,3)4)26-35-32(27-18-12-9-13-19-27,28-20-14-10-15-21-28)29-22-16-11-17-23-29/h9-23,30H,7-8,24-26H2,1-6H3/t30-/m0/s1. The van der Waals surface area contributed by atoms with E-state index in [1.165, 1.54) is 16.7 Å². The van der Waals surface area contributed by atoms with Crippen LogP contribution in [0.15, 0.2) is 91.0 Å². The minimum Gasteiger partial charge on any atom is -0.414 e. The summed E-state index contributed by atoms with van der Waals surface area (Å²) in [5, 5.41) is 0.177. The van der Waals surface area contributed by atoms with Crippen molar-refractivity contribution < 1.29 is 9.16 Å². The Kier molecular flexibility index (Phi) is 10.4. The highest BCUT2D eigenvalue weighted by Gasteiger charge is 2.40. The summed E-state index contributed by atoms with van der Waals surface area (Å²) in [6.45, 7) is 15.2. The molecule has 0 unspecified atom stereocenters. The van der Waals surface area contributed by atoms with Crippen LogP contribution in [0.2, 0.25) is 18.1 Å². The van der Waals surface area contributed by atoms with E-state index in [0.29, 0.717) is 6.61 Å². The van der Waals surface area contributed by atoms with Crippen LogP contribution in [0, 0.1) is 0 Å². The molecule has 36 heavy (non-hydrogen) atoms. The van der Waals surface area contributed by atoms with Gasteiger partial charge in [-0.3, -0.25) is 0 Å². The van der Waals surface area contributed by atoms with E-state index >= 15 is 0 Å². The summed E-state index contributed by atoms with van der Waals surface area (Å²) in [5.41, 5.74) is 3.85. The maximum absolute atomic E-state index is 6.67. The molecule has 0 saturated heterocycles. The molecule has 194 valence electrons. The van der Waals surface area contributed by atoms with Gasteiger partial charge < -0.3 is 9.16 Å². The van der Waals surface area contributed by atoms with E-state index in [2.05, 4.69) is 132 Å². The Labute approximate surface area is 225 Å². The number of benzene rings is 3. The quantitative estimate of drug-likeness (QED) is 0.127. The third-order valence-corrected chi connectivity index (χ3v) is 13.5. The Morgan fingerprint density at radius 3 is 1.58 bits per heavy atom. The van der Waals surface area contributed by atoms with Crippen molar-refractivity contribution in [2.75, 3.05) is 19.0 Å². The molecule has 0 heterocycles. The number of hydrogen-bond acceptors (Lipinski definition) is 3. The van der Waals surface area contributed by atoms with Crippen molar-refractivity contribution in [2.45, 2.75) is 69.5 Å². The van der Waals surface area contributed by atoms with Gasteiger partial charge in [0.1, 0.15) is 0 Å². The van der Waals surface area contributed by atoms with Gasteiger partial charge in [-0.15, -0.1) is 11.8 Å². The maximum Gasteiger partial charge on any atom is 0.192 e. The van der Waals surface area contributed by atoms with Crippen LogP contribution in [-0.2, 0) is 13.9 Å². The van der Waals surface area contributed by atoms with Crippen LogP contribution in [0.4, 0.5) is 0 Å². The molecule has 0 radical (unpaired) electrons. The van der Waals surface area contributed by atoms with Crippen molar-refractivity contribution >= 4 is 20.1 Å². The Bertz CT molecular complexity index is 920. The number of thioether (sulfide) groups is 1. The van der Waals surface area contributed by atoms with Crippen LogP contribution in [0.3, 0.4) is 0 Å². The molecule has 0 spiro atoms. The van der Waals surface area contributed by atoms with Gasteiger partial charge in [-0.2, -0.15) is 0 Å². The summed E-state index contributed by atoms with van der Waals surface area (Å²) in [7, 11) is -1.87. The molecule has 4 heteroatoms. The van der Waals surface area contributed by atoms with E-state index in [1.54, 1.807) is 0 Å². The van der Waals surface area contributed by atoms with E-state index in [-0.39, 0.29) is 15.9 Å². The maximum atomic E-state index is 6.67. The Balaban J connectivity index is 1.98. The van der Waals surface area contributed by atoms with Gasteiger partial charge >= 0.3 is 0 Å². The summed E-state index contributed by atoms with van der Waals surface area (Å²) in [4.78, 5) is 0. The molecular formula is C32H44O2SSi. The van der Waals surface area contributed by atoms with Crippen molar-refractivity contribution in [2.24, 2.45) is 0 Å². The van der Waals surface area contributed by atoms with E-state index in [1.807, 2.05) is 11.8 Å². The molecule has 2 nitrogen and oxygen atoms in total. The lowest BCUT2D eigenvalue weighted by atomic mass is 9.84. The molecule has 0 aliphatic heterocycles.